The minimum atomic E-state index is -0.375. The number of carbonyl (C=O) groups is 1. The summed E-state index contributed by atoms with van der Waals surface area (Å²) >= 11 is 0. The predicted octanol–water partition coefficient (Wildman–Crippen LogP) is 2.55. The van der Waals surface area contributed by atoms with Crippen LogP contribution in [0.1, 0.15) is 52.1 Å². The number of aliphatic imine (C=N–C) groups is 1. The number of methoxy groups -OCH3 is 1. The first-order valence-electron chi connectivity index (χ1n) is 11.0. The van der Waals surface area contributed by atoms with Crippen LogP contribution < -0.4 is 20.7 Å². The maximum absolute atomic E-state index is 12.0. The van der Waals surface area contributed by atoms with Crippen LogP contribution in [0.25, 0.3) is 0 Å². The minimum Gasteiger partial charge on any atom is -0.497 e. The minimum absolute atomic E-state index is 0.0554. The molecule has 0 saturated carbocycles. The molecular weight excluding hydrogens is 378 g/mol. The van der Waals surface area contributed by atoms with Crippen molar-refractivity contribution in [3.8, 4) is 5.75 Å². The molecule has 1 fully saturated rings. The SMILES string of the molecule is CCNC(=NCC(c1ccc(OC)cc1)N1CCCC1)NCCNC(=O)C(C)(C)C. The molecular formula is C23H39N5O2. The van der Waals surface area contributed by atoms with Gasteiger partial charge in [-0.1, -0.05) is 32.9 Å². The van der Waals surface area contributed by atoms with Gasteiger partial charge < -0.3 is 20.7 Å². The lowest BCUT2D eigenvalue weighted by Gasteiger charge is -2.27. The van der Waals surface area contributed by atoms with Gasteiger partial charge in [-0.25, -0.2) is 0 Å². The number of nitrogens with zero attached hydrogens (tertiary/aromatic N) is 2. The summed E-state index contributed by atoms with van der Waals surface area (Å²) in [6.07, 6.45) is 2.48. The van der Waals surface area contributed by atoms with Crippen molar-refractivity contribution in [3.05, 3.63) is 29.8 Å². The fraction of sp³-hybridized carbons (Fsp3) is 0.652. The monoisotopic (exact) mass is 417 g/mol. The van der Waals surface area contributed by atoms with E-state index in [2.05, 4.69) is 39.9 Å². The molecule has 0 spiro atoms. The molecule has 2 rings (SSSR count). The Bertz CT molecular complexity index is 676. The van der Waals surface area contributed by atoms with Crippen molar-refractivity contribution >= 4 is 11.9 Å². The number of amides is 1. The third-order valence-electron chi connectivity index (χ3n) is 5.23. The Morgan fingerprint density at radius 3 is 2.30 bits per heavy atom. The Balaban J connectivity index is 1.99. The first kappa shape index (κ1) is 24.0. The van der Waals surface area contributed by atoms with Crippen molar-refractivity contribution in [2.45, 2.75) is 46.6 Å². The largest absolute Gasteiger partial charge is 0.497 e. The van der Waals surface area contributed by atoms with Crippen LogP contribution in [0.3, 0.4) is 0 Å². The van der Waals surface area contributed by atoms with Crippen LogP contribution in [-0.4, -0.2) is 63.1 Å². The molecule has 1 aliphatic rings. The normalized spacial score (nSPS) is 16.2. The number of benzene rings is 1. The molecule has 1 aromatic rings. The smallest absolute Gasteiger partial charge is 0.225 e. The van der Waals surface area contributed by atoms with E-state index in [1.807, 2.05) is 32.9 Å². The topological polar surface area (TPSA) is 78.0 Å². The third-order valence-corrected chi connectivity index (χ3v) is 5.23. The summed E-state index contributed by atoms with van der Waals surface area (Å²) in [4.78, 5) is 19.4. The van der Waals surface area contributed by atoms with Crippen LogP contribution >= 0.6 is 0 Å². The summed E-state index contributed by atoms with van der Waals surface area (Å²) in [5.74, 6) is 1.70. The third kappa shape index (κ3) is 7.52. The number of ether oxygens (including phenoxy) is 1. The maximum atomic E-state index is 12.0. The highest BCUT2D eigenvalue weighted by Gasteiger charge is 2.23. The van der Waals surface area contributed by atoms with E-state index in [4.69, 9.17) is 9.73 Å². The van der Waals surface area contributed by atoms with Crippen molar-refractivity contribution < 1.29 is 9.53 Å². The fourth-order valence-electron chi connectivity index (χ4n) is 3.45. The van der Waals surface area contributed by atoms with E-state index in [-0.39, 0.29) is 17.4 Å². The summed E-state index contributed by atoms with van der Waals surface area (Å²) in [5, 5.41) is 9.60. The maximum Gasteiger partial charge on any atom is 0.225 e. The first-order chi connectivity index (χ1) is 14.3. The number of nitrogens with one attached hydrogen (secondary N) is 3. The van der Waals surface area contributed by atoms with Crippen molar-refractivity contribution in [2.75, 3.05) is 46.4 Å². The van der Waals surface area contributed by atoms with Crippen LogP contribution in [0.15, 0.2) is 29.3 Å². The molecule has 7 nitrogen and oxygen atoms in total. The number of rotatable bonds is 9. The standard InChI is InChI=1S/C23H39N5O2/c1-6-24-22(26-14-13-25-21(29)23(2,3)4)27-17-20(28-15-7-8-16-28)18-9-11-19(30-5)12-10-18/h9-12,20H,6-8,13-17H2,1-5H3,(H,25,29)(H2,24,26,27). The zero-order valence-electron chi connectivity index (χ0n) is 19.3. The summed E-state index contributed by atoms with van der Waals surface area (Å²) < 4.78 is 5.31. The van der Waals surface area contributed by atoms with Gasteiger partial charge in [0.25, 0.3) is 0 Å². The molecule has 7 heteroatoms. The molecule has 168 valence electrons. The molecule has 1 amide bonds. The quantitative estimate of drug-likeness (QED) is 0.327. The number of carbonyl (C=O) groups excluding carboxylic acids is 1. The van der Waals surface area contributed by atoms with E-state index in [0.29, 0.717) is 19.6 Å². The van der Waals surface area contributed by atoms with Crippen LogP contribution in [0.2, 0.25) is 0 Å². The highest BCUT2D eigenvalue weighted by atomic mass is 16.5. The second kappa shape index (κ2) is 11.8. The fourth-order valence-corrected chi connectivity index (χ4v) is 3.45. The molecule has 3 N–H and O–H groups in total. The Hall–Kier alpha value is -2.28. The predicted molar refractivity (Wildman–Crippen MR) is 123 cm³/mol. The van der Waals surface area contributed by atoms with Crippen LogP contribution in [0, 0.1) is 5.41 Å². The molecule has 0 aliphatic carbocycles. The van der Waals surface area contributed by atoms with E-state index < -0.39 is 0 Å². The zero-order chi connectivity index (χ0) is 22.0. The Kier molecular flexibility index (Phi) is 9.43. The molecule has 0 radical (unpaired) electrons. The number of hydrogen-bond donors (Lipinski definition) is 3. The average molecular weight is 418 g/mol. The van der Waals surface area contributed by atoms with Gasteiger partial charge in [0, 0.05) is 25.0 Å². The lowest BCUT2D eigenvalue weighted by atomic mass is 9.96. The lowest BCUT2D eigenvalue weighted by Crippen LogP contribution is -2.43. The Morgan fingerprint density at radius 1 is 1.10 bits per heavy atom. The van der Waals surface area contributed by atoms with Crippen molar-refractivity contribution in [2.24, 2.45) is 10.4 Å². The van der Waals surface area contributed by atoms with E-state index in [1.54, 1.807) is 7.11 Å². The number of guanidine groups is 1. The van der Waals surface area contributed by atoms with Gasteiger partial charge in [-0.15, -0.1) is 0 Å². The molecule has 30 heavy (non-hydrogen) atoms. The highest BCUT2D eigenvalue weighted by Crippen LogP contribution is 2.27. The van der Waals surface area contributed by atoms with Crippen molar-refractivity contribution in [3.63, 3.8) is 0 Å². The van der Waals surface area contributed by atoms with Gasteiger partial charge in [0.05, 0.1) is 19.7 Å². The second-order valence-corrected chi connectivity index (χ2v) is 8.68. The first-order valence-corrected chi connectivity index (χ1v) is 11.0. The highest BCUT2D eigenvalue weighted by molar-refractivity contribution is 5.81. The number of hydrogen-bond acceptors (Lipinski definition) is 4. The molecule has 1 aromatic carbocycles. The van der Waals surface area contributed by atoms with Crippen LogP contribution in [0.4, 0.5) is 0 Å². The van der Waals surface area contributed by atoms with Crippen LogP contribution in [-0.2, 0) is 4.79 Å². The molecule has 1 unspecified atom stereocenters. The Labute approximate surface area is 181 Å². The van der Waals surface area contributed by atoms with E-state index in [9.17, 15) is 4.79 Å². The molecule has 1 heterocycles. The summed E-state index contributed by atoms with van der Waals surface area (Å²) in [6.45, 7) is 12.7. The second-order valence-electron chi connectivity index (χ2n) is 8.68. The molecule has 1 aliphatic heterocycles. The molecule has 1 saturated heterocycles. The summed E-state index contributed by atoms with van der Waals surface area (Å²) in [7, 11) is 1.69. The van der Waals surface area contributed by atoms with E-state index in [1.165, 1.54) is 18.4 Å². The molecule has 0 bridgehead atoms. The Morgan fingerprint density at radius 2 is 1.73 bits per heavy atom. The van der Waals surface area contributed by atoms with Crippen molar-refractivity contribution in [1.29, 1.82) is 0 Å². The van der Waals surface area contributed by atoms with E-state index >= 15 is 0 Å². The lowest BCUT2D eigenvalue weighted by molar-refractivity contribution is -0.128. The van der Waals surface area contributed by atoms with Gasteiger partial charge in [0.1, 0.15) is 5.75 Å². The number of likely N-dealkylation sites (tertiary alicyclic amines) is 1. The van der Waals surface area contributed by atoms with Gasteiger partial charge in [-0.05, 0) is 50.6 Å². The molecule has 1 atom stereocenters. The zero-order valence-corrected chi connectivity index (χ0v) is 19.3. The van der Waals surface area contributed by atoms with Crippen molar-refractivity contribution in [1.82, 2.24) is 20.9 Å². The van der Waals surface area contributed by atoms with Gasteiger partial charge in [0.15, 0.2) is 5.96 Å². The van der Waals surface area contributed by atoms with Gasteiger partial charge in [-0.3, -0.25) is 14.7 Å². The average Bonchev–Trinajstić information content (AvgIpc) is 3.25. The van der Waals surface area contributed by atoms with Gasteiger partial charge in [-0.2, -0.15) is 0 Å². The molecule has 0 aromatic heterocycles. The van der Waals surface area contributed by atoms with Crippen LogP contribution in [0.5, 0.6) is 5.75 Å². The summed E-state index contributed by atoms with van der Waals surface area (Å²) in [6, 6.07) is 8.56. The summed E-state index contributed by atoms with van der Waals surface area (Å²) in [5.41, 5.74) is 0.884. The van der Waals surface area contributed by atoms with E-state index in [0.717, 1.165) is 31.3 Å². The van der Waals surface area contributed by atoms with Gasteiger partial charge in [0.2, 0.25) is 5.91 Å². The van der Waals surface area contributed by atoms with Gasteiger partial charge >= 0.3 is 0 Å².